The first-order chi connectivity index (χ1) is 9.75. The van der Waals surface area contributed by atoms with Crippen LogP contribution in [-0.4, -0.2) is 26.8 Å². The summed E-state index contributed by atoms with van der Waals surface area (Å²) in [5, 5.41) is 5.53. The number of ether oxygens (including phenoxy) is 1. The zero-order chi connectivity index (χ0) is 13.9. The average Bonchev–Trinajstić information content (AvgIpc) is 2.94. The molecule has 0 N–H and O–H groups in total. The Morgan fingerprint density at radius 1 is 1.20 bits per heavy atom. The van der Waals surface area contributed by atoms with E-state index in [1.807, 2.05) is 12.1 Å². The molecule has 0 spiro atoms. The summed E-state index contributed by atoms with van der Waals surface area (Å²) >= 11 is 0. The number of amides is 1. The van der Waals surface area contributed by atoms with Gasteiger partial charge in [-0.05, 0) is 18.2 Å². The third kappa shape index (κ3) is 2.23. The van der Waals surface area contributed by atoms with Crippen molar-refractivity contribution in [3.63, 3.8) is 0 Å². The van der Waals surface area contributed by atoms with Crippen molar-refractivity contribution in [2.75, 3.05) is 0 Å². The molecule has 0 fully saturated rings. The highest BCUT2D eigenvalue weighted by Crippen LogP contribution is 2.29. The summed E-state index contributed by atoms with van der Waals surface area (Å²) in [5.74, 6) is 0.180. The van der Waals surface area contributed by atoms with E-state index in [-0.39, 0.29) is 5.91 Å². The molecule has 0 aliphatic carbocycles. The zero-order valence-electron chi connectivity index (χ0n) is 10.8. The van der Waals surface area contributed by atoms with Gasteiger partial charge in [-0.3, -0.25) is 14.8 Å². The minimum absolute atomic E-state index is 0.197. The molecule has 1 unspecified atom stereocenters. The van der Waals surface area contributed by atoms with E-state index >= 15 is 0 Å². The molecule has 6 nitrogen and oxygen atoms in total. The van der Waals surface area contributed by atoms with E-state index < -0.39 is 6.23 Å². The van der Waals surface area contributed by atoms with Gasteiger partial charge < -0.3 is 4.74 Å². The maximum absolute atomic E-state index is 11.7. The highest BCUT2D eigenvalue weighted by Gasteiger charge is 2.33. The van der Waals surface area contributed by atoms with Crippen LogP contribution in [0, 0.1) is 0 Å². The molecule has 1 aliphatic heterocycles. The first-order valence-corrected chi connectivity index (χ1v) is 6.11. The fourth-order valence-corrected chi connectivity index (χ4v) is 1.91. The number of hydrazone groups is 1. The number of hydrogen-bond acceptors (Lipinski definition) is 5. The van der Waals surface area contributed by atoms with Gasteiger partial charge in [-0.1, -0.05) is 6.07 Å². The fraction of sp³-hybridized carbons (Fsp3) is 0.143. The number of pyridine rings is 2. The van der Waals surface area contributed by atoms with E-state index in [4.69, 9.17) is 4.74 Å². The van der Waals surface area contributed by atoms with Crippen molar-refractivity contribution >= 4 is 11.8 Å². The number of carbonyl (C=O) groups excluding carboxylic acids is 1. The third-order valence-corrected chi connectivity index (χ3v) is 2.84. The van der Waals surface area contributed by atoms with Gasteiger partial charge in [-0.2, -0.15) is 5.01 Å². The van der Waals surface area contributed by atoms with Crippen LogP contribution in [0.4, 0.5) is 0 Å². The monoisotopic (exact) mass is 268 g/mol. The molecule has 100 valence electrons. The summed E-state index contributed by atoms with van der Waals surface area (Å²) in [6.45, 7) is 1.45. The minimum Gasteiger partial charge on any atom is -0.446 e. The van der Waals surface area contributed by atoms with Crippen LogP contribution in [0.1, 0.15) is 24.3 Å². The van der Waals surface area contributed by atoms with Gasteiger partial charge in [0, 0.05) is 37.3 Å². The van der Waals surface area contributed by atoms with Crippen molar-refractivity contribution in [2.45, 2.75) is 13.2 Å². The van der Waals surface area contributed by atoms with E-state index in [0.29, 0.717) is 5.90 Å². The van der Waals surface area contributed by atoms with Crippen molar-refractivity contribution in [3.05, 3.63) is 60.2 Å². The molecule has 0 bridgehead atoms. The third-order valence-electron chi connectivity index (χ3n) is 2.84. The van der Waals surface area contributed by atoms with E-state index in [2.05, 4.69) is 15.1 Å². The molecule has 20 heavy (non-hydrogen) atoms. The van der Waals surface area contributed by atoms with Crippen molar-refractivity contribution < 1.29 is 9.53 Å². The van der Waals surface area contributed by atoms with Crippen LogP contribution < -0.4 is 0 Å². The Labute approximate surface area is 115 Å². The lowest BCUT2D eigenvalue weighted by molar-refractivity contribution is -0.135. The number of rotatable bonds is 2. The van der Waals surface area contributed by atoms with Crippen LogP contribution >= 0.6 is 0 Å². The van der Waals surface area contributed by atoms with Gasteiger partial charge >= 0.3 is 0 Å². The summed E-state index contributed by atoms with van der Waals surface area (Å²) in [7, 11) is 0. The molecule has 1 amide bonds. The Morgan fingerprint density at radius 3 is 2.55 bits per heavy atom. The zero-order valence-corrected chi connectivity index (χ0v) is 10.8. The molecule has 2 aromatic heterocycles. The predicted octanol–water partition coefficient (Wildman–Crippen LogP) is 1.72. The van der Waals surface area contributed by atoms with Gasteiger partial charge in [0.05, 0.1) is 5.56 Å². The van der Waals surface area contributed by atoms with Gasteiger partial charge in [0.25, 0.3) is 0 Å². The van der Waals surface area contributed by atoms with Crippen LogP contribution in [0.25, 0.3) is 0 Å². The number of carbonyl (C=O) groups is 1. The van der Waals surface area contributed by atoms with Gasteiger partial charge in [0.1, 0.15) is 0 Å². The average molecular weight is 268 g/mol. The lowest BCUT2D eigenvalue weighted by Crippen LogP contribution is -2.25. The first-order valence-electron chi connectivity index (χ1n) is 6.11. The standard InChI is InChI=1S/C14H12N4O2/c1-10(19)18-14(12-5-3-7-16-9-12)20-13(17-18)11-4-2-6-15-8-11/h2-9,14H,1H3. The summed E-state index contributed by atoms with van der Waals surface area (Å²) in [6.07, 6.45) is 6.04. The molecule has 3 rings (SSSR count). The second kappa shape index (κ2) is 5.08. The Morgan fingerprint density at radius 2 is 1.95 bits per heavy atom. The van der Waals surface area contributed by atoms with Crippen molar-refractivity contribution in [1.29, 1.82) is 0 Å². The minimum atomic E-state index is -0.587. The van der Waals surface area contributed by atoms with Crippen molar-refractivity contribution in [1.82, 2.24) is 15.0 Å². The van der Waals surface area contributed by atoms with E-state index in [9.17, 15) is 4.79 Å². The number of hydrogen-bond donors (Lipinski definition) is 0. The lowest BCUT2D eigenvalue weighted by Gasteiger charge is -2.18. The lowest BCUT2D eigenvalue weighted by atomic mass is 10.2. The topological polar surface area (TPSA) is 67.7 Å². The van der Waals surface area contributed by atoms with Gasteiger partial charge in [0.2, 0.25) is 18.0 Å². The van der Waals surface area contributed by atoms with Crippen LogP contribution in [0.15, 0.2) is 54.2 Å². The summed E-state index contributed by atoms with van der Waals surface area (Å²) in [5.41, 5.74) is 1.50. The van der Waals surface area contributed by atoms with E-state index in [1.54, 1.807) is 36.9 Å². The number of aromatic nitrogens is 2. The van der Waals surface area contributed by atoms with Gasteiger partial charge in [-0.25, -0.2) is 0 Å². The molecule has 0 saturated heterocycles. The molecule has 2 aromatic rings. The van der Waals surface area contributed by atoms with Crippen molar-refractivity contribution in [2.24, 2.45) is 5.10 Å². The van der Waals surface area contributed by atoms with Crippen molar-refractivity contribution in [3.8, 4) is 0 Å². The molecular formula is C14H12N4O2. The molecule has 0 radical (unpaired) electrons. The Hall–Kier alpha value is -2.76. The summed E-state index contributed by atoms with van der Waals surface area (Å²) in [4.78, 5) is 19.8. The number of nitrogens with zero attached hydrogens (tertiary/aromatic N) is 4. The predicted molar refractivity (Wildman–Crippen MR) is 71.4 cm³/mol. The van der Waals surface area contributed by atoms with Crippen LogP contribution in [-0.2, 0) is 9.53 Å². The first kappa shape index (κ1) is 12.3. The molecule has 6 heteroatoms. The smallest absolute Gasteiger partial charge is 0.243 e. The Kier molecular flexibility index (Phi) is 3.12. The second-order valence-electron chi connectivity index (χ2n) is 4.27. The largest absolute Gasteiger partial charge is 0.446 e. The van der Waals surface area contributed by atoms with E-state index in [1.165, 1.54) is 11.9 Å². The quantitative estimate of drug-likeness (QED) is 0.831. The SMILES string of the molecule is CC(=O)N1N=C(c2cccnc2)OC1c1cccnc1. The van der Waals surface area contributed by atoms with Crippen LogP contribution in [0.3, 0.4) is 0 Å². The second-order valence-corrected chi connectivity index (χ2v) is 4.27. The van der Waals surface area contributed by atoms with Gasteiger partial charge in [0.15, 0.2) is 0 Å². The van der Waals surface area contributed by atoms with Gasteiger partial charge in [-0.15, -0.1) is 5.10 Å². The molecule has 0 saturated carbocycles. The molecule has 3 heterocycles. The van der Waals surface area contributed by atoms with Crippen LogP contribution in [0.2, 0.25) is 0 Å². The Balaban J connectivity index is 1.94. The molecule has 1 atom stereocenters. The van der Waals surface area contributed by atoms with E-state index in [0.717, 1.165) is 11.1 Å². The van der Waals surface area contributed by atoms with Crippen LogP contribution in [0.5, 0.6) is 0 Å². The summed E-state index contributed by atoms with van der Waals surface area (Å²) in [6, 6.07) is 7.25. The molecule has 0 aromatic carbocycles. The Bertz CT molecular complexity index is 643. The normalized spacial score (nSPS) is 17.6. The maximum atomic E-state index is 11.7. The maximum Gasteiger partial charge on any atom is 0.243 e. The fourth-order valence-electron chi connectivity index (χ4n) is 1.91. The summed E-state index contributed by atoms with van der Waals surface area (Å²) < 4.78 is 5.78. The molecular weight excluding hydrogens is 256 g/mol. The highest BCUT2D eigenvalue weighted by molar-refractivity contribution is 5.96. The highest BCUT2D eigenvalue weighted by atomic mass is 16.5. The molecule has 1 aliphatic rings.